The molecule has 0 aliphatic carbocycles. The van der Waals surface area contributed by atoms with E-state index in [4.69, 9.17) is 5.73 Å². The summed E-state index contributed by atoms with van der Waals surface area (Å²) in [5.74, 6) is 0.661. The summed E-state index contributed by atoms with van der Waals surface area (Å²) < 4.78 is 0. The lowest BCUT2D eigenvalue weighted by atomic mass is 9.85. The van der Waals surface area contributed by atoms with E-state index in [0.29, 0.717) is 18.1 Å². The minimum Gasteiger partial charge on any atom is -0.386 e. The number of nitrogens with two attached hydrogens (primary N) is 1. The van der Waals surface area contributed by atoms with Crippen molar-refractivity contribution in [3.8, 4) is 0 Å². The molecule has 0 aliphatic rings. The van der Waals surface area contributed by atoms with Crippen molar-refractivity contribution >= 4 is 0 Å². The minimum absolute atomic E-state index is 0.360. The molecule has 0 radical (unpaired) electrons. The van der Waals surface area contributed by atoms with E-state index in [-0.39, 0.29) is 5.41 Å². The van der Waals surface area contributed by atoms with Gasteiger partial charge in [-0.15, -0.1) is 0 Å². The van der Waals surface area contributed by atoms with Gasteiger partial charge in [0, 0.05) is 18.2 Å². The number of rotatable bonds is 3. The molecule has 1 aromatic heterocycles. The maximum Gasteiger partial charge on any atom is 0.125 e. The van der Waals surface area contributed by atoms with Gasteiger partial charge in [0.15, 0.2) is 0 Å². The lowest BCUT2D eigenvalue weighted by Gasteiger charge is -2.28. The fraction of sp³-hybridized carbons (Fsp3) is 0.600. The summed E-state index contributed by atoms with van der Waals surface area (Å²) in [7, 11) is 0. The highest BCUT2D eigenvalue weighted by Gasteiger charge is 2.28. The first kappa shape index (κ1) is 11.1. The van der Waals surface area contributed by atoms with Gasteiger partial charge in [0.2, 0.25) is 0 Å². The Morgan fingerprint density at radius 3 is 2.71 bits per heavy atom. The highest BCUT2D eigenvalue weighted by atomic mass is 16.3. The maximum absolute atomic E-state index is 10.0. The summed E-state index contributed by atoms with van der Waals surface area (Å²) in [6, 6.07) is 1.72. The van der Waals surface area contributed by atoms with Crippen molar-refractivity contribution in [2.45, 2.75) is 26.9 Å². The van der Waals surface area contributed by atoms with Crippen molar-refractivity contribution in [2.75, 3.05) is 6.54 Å². The zero-order chi connectivity index (χ0) is 10.8. The van der Waals surface area contributed by atoms with Crippen LogP contribution in [-0.2, 0) is 0 Å². The monoisotopic (exact) mass is 195 g/mol. The van der Waals surface area contributed by atoms with Crippen molar-refractivity contribution in [1.29, 1.82) is 0 Å². The molecule has 0 bridgehead atoms. The molecule has 1 heterocycles. The largest absolute Gasteiger partial charge is 0.386 e. The van der Waals surface area contributed by atoms with Crippen molar-refractivity contribution < 1.29 is 5.11 Å². The van der Waals surface area contributed by atoms with Gasteiger partial charge in [-0.2, -0.15) is 0 Å². The van der Waals surface area contributed by atoms with Crippen LogP contribution in [0.1, 0.15) is 31.5 Å². The first-order chi connectivity index (χ1) is 6.47. The summed E-state index contributed by atoms with van der Waals surface area (Å²) in [6.45, 7) is 6.03. The second-order valence-electron chi connectivity index (χ2n) is 4.12. The second-order valence-corrected chi connectivity index (χ2v) is 4.12. The van der Waals surface area contributed by atoms with Gasteiger partial charge < -0.3 is 10.8 Å². The van der Waals surface area contributed by atoms with Gasteiger partial charge in [-0.05, 0) is 13.0 Å². The zero-order valence-electron chi connectivity index (χ0n) is 8.86. The van der Waals surface area contributed by atoms with Crippen LogP contribution in [0.15, 0.2) is 12.3 Å². The second kappa shape index (κ2) is 4.02. The van der Waals surface area contributed by atoms with Crippen molar-refractivity contribution in [3.05, 3.63) is 23.8 Å². The van der Waals surface area contributed by atoms with Crippen LogP contribution >= 0.6 is 0 Å². The number of hydrogen-bond acceptors (Lipinski definition) is 4. The summed E-state index contributed by atoms with van der Waals surface area (Å²) in [4.78, 5) is 8.15. The Morgan fingerprint density at radius 2 is 2.21 bits per heavy atom. The molecule has 0 aromatic carbocycles. The fourth-order valence-electron chi connectivity index (χ4n) is 1.14. The Morgan fingerprint density at radius 1 is 1.57 bits per heavy atom. The molecule has 1 aromatic rings. The molecular formula is C10H17N3O. The summed E-state index contributed by atoms with van der Waals surface area (Å²) >= 11 is 0. The van der Waals surface area contributed by atoms with Crippen LogP contribution in [0.4, 0.5) is 0 Å². The van der Waals surface area contributed by atoms with Crippen LogP contribution < -0.4 is 5.73 Å². The van der Waals surface area contributed by atoms with Gasteiger partial charge in [0.05, 0.1) is 5.69 Å². The molecular weight excluding hydrogens is 178 g/mol. The Bertz CT molecular complexity index is 312. The fourth-order valence-corrected chi connectivity index (χ4v) is 1.14. The average molecular weight is 195 g/mol. The van der Waals surface area contributed by atoms with E-state index < -0.39 is 6.10 Å². The Balaban J connectivity index is 2.94. The van der Waals surface area contributed by atoms with Crippen LogP contribution in [0.25, 0.3) is 0 Å². The molecule has 0 saturated carbocycles. The standard InChI is InChI=1S/C10H17N3O/c1-7-12-5-4-8(13-7)9(14)10(2,3)6-11/h4-5,9,14H,6,11H2,1-3H3. The van der Waals surface area contributed by atoms with Gasteiger partial charge in [-0.25, -0.2) is 9.97 Å². The van der Waals surface area contributed by atoms with E-state index in [1.54, 1.807) is 19.2 Å². The van der Waals surface area contributed by atoms with Crippen LogP contribution in [-0.4, -0.2) is 21.6 Å². The molecule has 4 heteroatoms. The molecule has 0 spiro atoms. The van der Waals surface area contributed by atoms with E-state index in [1.807, 2.05) is 13.8 Å². The lowest BCUT2D eigenvalue weighted by molar-refractivity contribution is 0.0516. The first-order valence-corrected chi connectivity index (χ1v) is 4.65. The number of aliphatic hydroxyl groups excluding tert-OH is 1. The molecule has 0 amide bonds. The van der Waals surface area contributed by atoms with Gasteiger partial charge in [-0.1, -0.05) is 13.8 Å². The topological polar surface area (TPSA) is 72.0 Å². The number of aromatic nitrogens is 2. The molecule has 78 valence electrons. The Kier molecular flexibility index (Phi) is 3.18. The molecule has 1 rings (SSSR count). The number of hydrogen-bond donors (Lipinski definition) is 2. The molecule has 0 saturated heterocycles. The van der Waals surface area contributed by atoms with Crippen molar-refractivity contribution in [2.24, 2.45) is 11.1 Å². The van der Waals surface area contributed by atoms with E-state index in [0.717, 1.165) is 0 Å². The number of nitrogens with zero attached hydrogens (tertiary/aromatic N) is 2. The van der Waals surface area contributed by atoms with E-state index >= 15 is 0 Å². The lowest BCUT2D eigenvalue weighted by Crippen LogP contribution is -2.31. The minimum atomic E-state index is -0.644. The normalized spacial score (nSPS) is 14.1. The van der Waals surface area contributed by atoms with E-state index in [1.165, 1.54) is 0 Å². The number of aryl methyl sites for hydroxylation is 1. The van der Waals surface area contributed by atoms with Crippen LogP contribution in [0.5, 0.6) is 0 Å². The number of aliphatic hydroxyl groups is 1. The molecule has 4 nitrogen and oxygen atoms in total. The van der Waals surface area contributed by atoms with E-state index in [9.17, 15) is 5.11 Å². The van der Waals surface area contributed by atoms with Crippen molar-refractivity contribution in [3.63, 3.8) is 0 Å². The highest BCUT2D eigenvalue weighted by Crippen LogP contribution is 2.30. The molecule has 0 fully saturated rings. The molecule has 1 unspecified atom stereocenters. The Hall–Kier alpha value is -1.00. The predicted molar refractivity (Wildman–Crippen MR) is 54.6 cm³/mol. The SMILES string of the molecule is Cc1nccc(C(O)C(C)(C)CN)n1. The third-order valence-electron chi connectivity index (χ3n) is 2.34. The van der Waals surface area contributed by atoms with E-state index in [2.05, 4.69) is 9.97 Å². The third-order valence-corrected chi connectivity index (χ3v) is 2.34. The molecule has 14 heavy (non-hydrogen) atoms. The Labute approximate surface area is 84.2 Å². The average Bonchev–Trinajstić information content (AvgIpc) is 2.16. The smallest absolute Gasteiger partial charge is 0.125 e. The maximum atomic E-state index is 10.0. The van der Waals surface area contributed by atoms with Crippen LogP contribution in [0, 0.1) is 12.3 Å². The van der Waals surface area contributed by atoms with Crippen LogP contribution in [0.2, 0.25) is 0 Å². The van der Waals surface area contributed by atoms with Crippen molar-refractivity contribution in [1.82, 2.24) is 9.97 Å². The van der Waals surface area contributed by atoms with Gasteiger partial charge >= 0.3 is 0 Å². The molecule has 0 aliphatic heterocycles. The third kappa shape index (κ3) is 2.27. The van der Waals surface area contributed by atoms with Crippen LogP contribution in [0.3, 0.4) is 0 Å². The highest BCUT2D eigenvalue weighted by molar-refractivity contribution is 5.08. The van der Waals surface area contributed by atoms with Gasteiger partial charge in [0.1, 0.15) is 11.9 Å². The summed E-state index contributed by atoms with van der Waals surface area (Å²) in [6.07, 6.45) is 1.00. The zero-order valence-corrected chi connectivity index (χ0v) is 8.86. The molecule has 3 N–H and O–H groups in total. The van der Waals surface area contributed by atoms with Gasteiger partial charge in [0.25, 0.3) is 0 Å². The summed E-state index contributed by atoms with van der Waals surface area (Å²) in [5, 5.41) is 10.0. The van der Waals surface area contributed by atoms with Gasteiger partial charge in [-0.3, -0.25) is 0 Å². The predicted octanol–water partition coefficient (Wildman–Crippen LogP) is 0.803. The summed E-state index contributed by atoms with van der Waals surface area (Å²) in [5.41, 5.74) is 5.85. The quantitative estimate of drug-likeness (QED) is 0.748. The first-order valence-electron chi connectivity index (χ1n) is 4.65. The molecule has 1 atom stereocenters.